The van der Waals surface area contributed by atoms with Crippen LogP contribution in [0.15, 0.2) is 42.6 Å². The topological polar surface area (TPSA) is 80.3 Å². The molecule has 6 nitrogen and oxygen atoms in total. The molecule has 1 aliphatic rings. The zero-order chi connectivity index (χ0) is 21.7. The largest absolute Gasteiger partial charge is 0.474 e. The number of hydrogen-bond donors (Lipinski definition) is 2. The van der Waals surface area contributed by atoms with E-state index in [4.69, 9.17) is 4.74 Å². The van der Waals surface area contributed by atoms with Gasteiger partial charge in [-0.1, -0.05) is 0 Å². The highest BCUT2D eigenvalue weighted by atomic mass is 19.4. The number of amides is 2. The Kier molecular flexibility index (Phi) is 6.59. The maximum atomic E-state index is 12.6. The van der Waals surface area contributed by atoms with Gasteiger partial charge in [-0.2, -0.15) is 13.2 Å². The molecule has 160 valence electrons. The monoisotopic (exact) mass is 421 g/mol. The Hall–Kier alpha value is -3.10. The van der Waals surface area contributed by atoms with Gasteiger partial charge < -0.3 is 15.4 Å². The van der Waals surface area contributed by atoms with Crippen molar-refractivity contribution >= 4 is 17.5 Å². The molecule has 1 aromatic carbocycles. The minimum absolute atomic E-state index is 0.00654. The van der Waals surface area contributed by atoms with E-state index in [9.17, 15) is 22.8 Å². The Bertz CT molecular complexity index is 875. The van der Waals surface area contributed by atoms with Gasteiger partial charge in [0.2, 0.25) is 11.8 Å². The molecule has 1 saturated carbocycles. The quantitative estimate of drug-likeness (QED) is 0.759. The smallest absolute Gasteiger partial charge is 0.417 e. The van der Waals surface area contributed by atoms with Gasteiger partial charge in [0.15, 0.2) is 0 Å². The van der Waals surface area contributed by atoms with Crippen molar-refractivity contribution < 1.29 is 27.5 Å². The molecule has 9 heteroatoms. The number of rotatable bonds is 5. The maximum Gasteiger partial charge on any atom is 0.417 e. The number of ether oxygens (including phenoxy) is 1. The van der Waals surface area contributed by atoms with Crippen LogP contribution in [-0.4, -0.2) is 28.9 Å². The highest BCUT2D eigenvalue weighted by Crippen LogP contribution is 2.30. The lowest BCUT2D eigenvalue weighted by atomic mass is 9.92. The normalized spacial score (nSPS) is 19.1. The van der Waals surface area contributed by atoms with E-state index in [0.29, 0.717) is 36.9 Å². The zero-order valence-corrected chi connectivity index (χ0v) is 16.3. The fourth-order valence-corrected chi connectivity index (χ4v) is 3.29. The fraction of sp³-hybridized carbons (Fsp3) is 0.381. The van der Waals surface area contributed by atoms with Crippen LogP contribution in [0.4, 0.5) is 18.9 Å². The average Bonchev–Trinajstić information content (AvgIpc) is 2.69. The van der Waals surface area contributed by atoms with Gasteiger partial charge in [0.05, 0.1) is 5.56 Å². The highest BCUT2D eigenvalue weighted by Gasteiger charge is 2.31. The Labute approximate surface area is 171 Å². The lowest BCUT2D eigenvalue weighted by molar-refractivity contribution is -0.137. The van der Waals surface area contributed by atoms with Crippen LogP contribution in [0.5, 0.6) is 5.88 Å². The van der Waals surface area contributed by atoms with Crippen LogP contribution in [0.1, 0.15) is 48.5 Å². The zero-order valence-electron chi connectivity index (χ0n) is 16.3. The van der Waals surface area contributed by atoms with Crippen molar-refractivity contribution in [2.45, 2.75) is 50.9 Å². The van der Waals surface area contributed by atoms with Crippen LogP contribution in [0.2, 0.25) is 0 Å². The van der Waals surface area contributed by atoms with Crippen molar-refractivity contribution in [1.82, 2.24) is 10.3 Å². The van der Waals surface area contributed by atoms with E-state index in [1.807, 2.05) is 0 Å². The molecule has 1 aliphatic carbocycles. The number of pyridine rings is 1. The Morgan fingerprint density at radius 2 is 1.70 bits per heavy atom. The second-order valence-electron chi connectivity index (χ2n) is 7.21. The molecule has 0 spiro atoms. The van der Waals surface area contributed by atoms with E-state index in [0.717, 1.165) is 12.3 Å². The first-order valence-electron chi connectivity index (χ1n) is 9.59. The predicted molar refractivity (Wildman–Crippen MR) is 104 cm³/mol. The number of hydrogen-bond acceptors (Lipinski definition) is 4. The number of benzene rings is 1. The molecular formula is C21H22F3N3O3. The molecule has 0 atom stereocenters. The first-order chi connectivity index (χ1) is 14.2. The first kappa shape index (κ1) is 21.6. The number of halogens is 3. The molecule has 0 unspecified atom stereocenters. The van der Waals surface area contributed by atoms with Crippen LogP contribution >= 0.6 is 0 Å². The van der Waals surface area contributed by atoms with E-state index >= 15 is 0 Å². The minimum atomic E-state index is -4.42. The van der Waals surface area contributed by atoms with Crippen molar-refractivity contribution in [3.63, 3.8) is 0 Å². The second kappa shape index (κ2) is 9.15. The number of alkyl halides is 3. The number of nitrogens with one attached hydrogen (secondary N) is 2. The van der Waals surface area contributed by atoms with E-state index in [1.165, 1.54) is 13.0 Å². The lowest BCUT2D eigenvalue weighted by Gasteiger charge is -2.29. The Morgan fingerprint density at radius 1 is 1.03 bits per heavy atom. The van der Waals surface area contributed by atoms with Gasteiger partial charge in [-0.25, -0.2) is 4.98 Å². The van der Waals surface area contributed by atoms with Crippen LogP contribution in [0.3, 0.4) is 0 Å². The summed E-state index contributed by atoms with van der Waals surface area (Å²) in [6, 6.07) is 8.79. The molecular weight excluding hydrogens is 399 g/mol. The standard InChI is InChI=1S/C21H22F3N3O3/c1-13(28)26-16-5-2-14(3-6-16)20(29)27-17-7-9-18(10-8-17)30-19-11-4-15(12-25-19)21(22,23)24/h2-6,11-12,17-18H,7-10H2,1H3,(H,26,28)(H,27,29). The lowest BCUT2D eigenvalue weighted by Crippen LogP contribution is -2.39. The van der Waals surface area contributed by atoms with Crippen molar-refractivity contribution in [2.75, 3.05) is 5.32 Å². The van der Waals surface area contributed by atoms with Gasteiger partial charge in [-0.15, -0.1) is 0 Å². The fourth-order valence-electron chi connectivity index (χ4n) is 3.29. The molecule has 1 aromatic heterocycles. The molecule has 0 bridgehead atoms. The van der Waals surface area contributed by atoms with E-state index in [1.54, 1.807) is 24.3 Å². The van der Waals surface area contributed by atoms with E-state index < -0.39 is 11.7 Å². The molecule has 0 saturated heterocycles. The van der Waals surface area contributed by atoms with E-state index in [2.05, 4.69) is 15.6 Å². The molecule has 1 fully saturated rings. The van der Waals surface area contributed by atoms with Crippen LogP contribution in [-0.2, 0) is 11.0 Å². The molecule has 30 heavy (non-hydrogen) atoms. The molecule has 0 aliphatic heterocycles. The van der Waals surface area contributed by atoms with Crippen molar-refractivity contribution in [1.29, 1.82) is 0 Å². The van der Waals surface area contributed by atoms with Crippen molar-refractivity contribution in [2.24, 2.45) is 0 Å². The molecule has 2 aromatic rings. The number of carbonyl (C=O) groups excluding carboxylic acids is 2. The summed E-state index contributed by atoms with van der Waals surface area (Å²) >= 11 is 0. The Morgan fingerprint density at radius 3 is 2.23 bits per heavy atom. The summed E-state index contributed by atoms with van der Waals surface area (Å²) in [5.41, 5.74) is 0.302. The molecule has 1 heterocycles. The van der Waals surface area contributed by atoms with Crippen LogP contribution in [0, 0.1) is 0 Å². The minimum Gasteiger partial charge on any atom is -0.474 e. The SMILES string of the molecule is CC(=O)Nc1ccc(C(=O)NC2CCC(Oc3ccc(C(F)(F)F)cn3)CC2)cc1. The van der Waals surface area contributed by atoms with Crippen LogP contribution < -0.4 is 15.4 Å². The maximum absolute atomic E-state index is 12.6. The van der Waals surface area contributed by atoms with E-state index in [-0.39, 0.29) is 29.8 Å². The number of aromatic nitrogens is 1. The second-order valence-corrected chi connectivity index (χ2v) is 7.21. The van der Waals surface area contributed by atoms with Gasteiger partial charge in [0, 0.05) is 36.5 Å². The number of anilines is 1. The molecule has 2 N–H and O–H groups in total. The van der Waals surface area contributed by atoms with Gasteiger partial charge in [-0.05, 0) is 56.0 Å². The number of nitrogens with zero attached hydrogens (tertiary/aromatic N) is 1. The van der Waals surface area contributed by atoms with Crippen LogP contribution in [0.25, 0.3) is 0 Å². The Balaban J connectivity index is 1.46. The third-order valence-electron chi connectivity index (χ3n) is 4.83. The summed E-state index contributed by atoms with van der Waals surface area (Å²) in [6.07, 6.45) is -1.10. The average molecular weight is 421 g/mol. The highest BCUT2D eigenvalue weighted by molar-refractivity contribution is 5.95. The summed E-state index contributed by atoms with van der Waals surface area (Å²) in [7, 11) is 0. The van der Waals surface area contributed by atoms with Gasteiger partial charge >= 0.3 is 6.18 Å². The summed E-state index contributed by atoms with van der Waals surface area (Å²) in [6.45, 7) is 1.41. The predicted octanol–water partition coefficient (Wildman–Crippen LogP) is 4.18. The van der Waals surface area contributed by atoms with Gasteiger partial charge in [0.1, 0.15) is 6.10 Å². The first-order valence-corrected chi connectivity index (χ1v) is 9.59. The van der Waals surface area contributed by atoms with Gasteiger partial charge in [0.25, 0.3) is 5.91 Å². The summed E-state index contributed by atoms with van der Waals surface area (Å²) < 4.78 is 43.4. The molecule has 0 radical (unpaired) electrons. The third kappa shape index (κ3) is 5.95. The third-order valence-corrected chi connectivity index (χ3v) is 4.83. The summed E-state index contributed by atoms with van der Waals surface area (Å²) in [5, 5.41) is 5.62. The summed E-state index contributed by atoms with van der Waals surface area (Å²) in [4.78, 5) is 27.2. The number of carbonyl (C=O) groups is 2. The van der Waals surface area contributed by atoms with Gasteiger partial charge in [-0.3, -0.25) is 9.59 Å². The van der Waals surface area contributed by atoms with Crippen molar-refractivity contribution in [3.8, 4) is 5.88 Å². The summed E-state index contributed by atoms with van der Waals surface area (Å²) in [5.74, 6) is -0.217. The molecule has 2 amide bonds. The van der Waals surface area contributed by atoms with Crippen molar-refractivity contribution in [3.05, 3.63) is 53.7 Å². The molecule has 3 rings (SSSR count).